The van der Waals surface area contributed by atoms with Crippen molar-refractivity contribution in [1.82, 2.24) is 9.97 Å². The van der Waals surface area contributed by atoms with Crippen LogP contribution in [0.2, 0.25) is 0 Å². The molecule has 0 N–H and O–H groups in total. The molecule has 0 saturated heterocycles. The Morgan fingerprint density at radius 3 is 2.45 bits per heavy atom. The molecule has 0 unspecified atom stereocenters. The molecule has 0 spiro atoms. The summed E-state index contributed by atoms with van der Waals surface area (Å²) in [6.07, 6.45) is 2.73. The summed E-state index contributed by atoms with van der Waals surface area (Å²) in [6.45, 7) is -2.02. The van der Waals surface area contributed by atoms with Gasteiger partial charge < -0.3 is 14.4 Å². The van der Waals surface area contributed by atoms with Crippen molar-refractivity contribution in [3.05, 3.63) is 54.1 Å². The third-order valence-corrected chi connectivity index (χ3v) is 4.92. The number of para-hydroxylation sites is 3. The number of amides is 1. The number of ether oxygens (including phenoxy) is 2. The second-order valence-electron chi connectivity index (χ2n) is 6.86. The van der Waals surface area contributed by atoms with Gasteiger partial charge in [0.05, 0.1) is 18.1 Å². The van der Waals surface area contributed by atoms with Crippen LogP contribution in [0.3, 0.4) is 0 Å². The molecule has 9 heteroatoms. The maximum atomic E-state index is 13.0. The molecule has 0 radical (unpaired) electrons. The van der Waals surface area contributed by atoms with Crippen LogP contribution in [0.5, 0.6) is 11.5 Å². The van der Waals surface area contributed by atoms with Crippen molar-refractivity contribution in [2.24, 2.45) is 0 Å². The molecule has 7 nitrogen and oxygen atoms in total. The molecular weight excluding hydrogens is 406 g/mol. The zero-order valence-corrected chi connectivity index (χ0v) is 17.0. The van der Waals surface area contributed by atoms with Crippen molar-refractivity contribution in [3.63, 3.8) is 0 Å². The highest BCUT2D eigenvalue weighted by molar-refractivity contribution is 6.06. The van der Waals surface area contributed by atoms with E-state index in [0.717, 1.165) is 5.52 Å². The van der Waals surface area contributed by atoms with E-state index in [2.05, 4.69) is 14.7 Å². The Morgan fingerprint density at radius 1 is 1.06 bits per heavy atom. The summed E-state index contributed by atoms with van der Waals surface area (Å²) in [5, 5.41) is 0. The molecule has 2 aromatic carbocycles. The predicted molar refractivity (Wildman–Crippen MR) is 114 cm³/mol. The van der Waals surface area contributed by atoms with E-state index in [-0.39, 0.29) is 17.4 Å². The minimum Gasteiger partial charge on any atom is -0.493 e. The lowest BCUT2D eigenvalue weighted by molar-refractivity contribution is -0.114. The third kappa shape index (κ3) is 4.11. The molecule has 1 aromatic heterocycles. The number of likely N-dealkylation sites (N-methyl/N-ethyl adjacent to an activating group) is 1. The number of carbonyl (C=O) groups is 1. The van der Waals surface area contributed by atoms with Crippen molar-refractivity contribution >= 4 is 34.7 Å². The number of hydrogen-bond acceptors (Lipinski definition) is 6. The molecule has 3 aromatic rings. The van der Waals surface area contributed by atoms with Crippen LogP contribution >= 0.6 is 0 Å². The Morgan fingerprint density at radius 2 is 1.77 bits per heavy atom. The average Bonchev–Trinajstić information content (AvgIpc) is 2.77. The molecule has 31 heavy (non-hydrogen) atoms. The quantitative estimate of drug-likeness (QED) is 0.579. The van der Waals surface area contributed by atoms with E-state index >= 15 is 0 Å². The first kappa shape index (κ1) is 20.5. The number of methoxy groups -OCH3 is 1. The number of alkyl halides is 2. The van der Waals surface area contributed by atoms with Gasteiger partial charge in [-0.2, -0.15) is 8.78 Å². The van der Waals surface area contributed by atoms with Gasteiger partial charge in [0.1, 0.15) is 0 Å². The Hall–Kier alpha value is -3.75. The van der Waals surface area contributed by atoms with Gasteiger partial charge >= 0.3 is 6.61 Å². The van der Waals surface area contributed by atoms with E-state index in [9.17, 15) is 13.6 Å². The number of carbonyl (C=O) groups excluding carboxylic acids is 1. The maximum Gasteiger partial charge on any atom is 0.387 e. The lowest BCUT2D eigenvalue weighted by atomic mass is 10.1. The predicted octanol–water partition coefficient (Wildman–Crippen LogP) is 3.74. The lowest BCUT2D eigenvalue weighted by Crippen LogP contribution is -2.43. The minimum absolute atomic E-state index is 0.131. The number of benzene rings is 2. The summed E-state index contributed by atoms with van der Waals surface area (Å²) in [5.74, 6) is 0.738. The molecule has 0 aliphatic carbocycles. The Kier molecular flexibility index (Phi) is 5.66. The van der Waals surface area contributed by atoms with Gasteiger partial charge in [0, 0.05) is 31.8 Å². The molecule has 0 atom stereocenters. The molecule has 1 aliphatic heterocycles. The zero-order chi connectivity index (χ0) is 22.0. The second kappa shape index (κ2) is 8.55. The molecule has 1 aliphatic rings. The third-order valence-electron chi connectivity index (χ3n) is 4.92. The van der Waals surface area contributed by atoms with Gasteiger partial charge in [-0.15, -0.1) is 0 Å². The van der Waals surface area contributed by atoms with Crippen LogP contribution in [0.4, 0.5) is 20.4 Å². The van der Waals surface area contributed by atoms with Gasteiger partial charge in [-0.1, -0.05) is 24.3 Å². The van der Waals surface area contributed by atoms with Crippen molar-refractivity contribution in [3.8, 4) is 11.5 Å². The van der Waals surface area contributed by atoms with Crippen molar-refractivity contribution in [1.29, 1.82) is 0 Å². The fraction of sp³-hybridized carbons (Fsp3) is 0.227. The topological polar surface area (TPSA) is 67.8 Å². The van der Waals surface area contributed by atoms with Crippen LogP contribution in [0.1, 0.15) is 5.56 Å². The van der Waals surface area contributed by atoms with E-state index < -0.39 is 6.61 Å². The molecule has 0 fully saturated rings. The molecule has 4 rings (SSSR count). The van der Waals surface area contributed by atoms with Gasteiger partial charge in [0.25, 0.3) is 5.91 Å². The minimum atomic E-state index is -3.02. The summed E-state index contributed by atoms with van der Waals surface area (Å²) in [7, 11) is 3.25. The summed E-state index contributed by atoms with van der Waals surface area (Å²) in [4.78, 5) is 25.7. The Balaban J connectivity index is 1.67. The first-order valence-electron chi connectivity index (χ1n) is 9.57. The number of nitrogens with zero attached hydrogens (tertiary/aromatic N) is 4. The van der Waals surface area contributed by atoms with Crippen LogP contribution < -0.4 is 19.3 Å². The van der Waals surface area contributed by atoms with E-state index in [4.69, 9.17) is 4.74 Å². The first-order valence-corrected chi connectivity index (χ1v) is 9.57. The highest BCUT2D eigenvalue weighted by atomic mass is 19.3. The molecule has 0 saturated carbocycles. The highest BCUT2D eigenvalue weighted by Gasteiger charge is 2.27. The summed E-state index contributed by atoms with van der Waals surface area (Å²) in [5.41, 5.74) is 1.72. The number of aromatic nitrogens is 2. The second-order valence-corrected chi connectivity index (χ2v) is 6.86. The van der Waals surface area contributed by atoms with Crippen molar-refractivity contribution in [2.75, 3.05) is 37.0 Å². The van der Waals surface area contributed by atoms with Crippen LogP contribution in [0.25, 0.3) is 17.1 Å². The fourth-order valence-electron chi connectivity index (χ4n) is 3.39. The normalized spacial score (nSPS) is 13.7. The molecular formula is C22H20F2N4O3. The smallest absolute Gasteiger partial charge is 0.387 e. The summed E-state index contributed by atoms with van der Waals surface area (Å²) < 4.78 is 35.4. The fourth-order valence-corrected chi connectivity index (χ4v) is 3.39. The van der Waals surface area contributed by atoms with Gasteiger partial charge in [0.2, 0.25) is 0 Å². The SMILES string of the molecule is COc1cccc(C=CC(=O)N2CCN(C)c3nc4ccccc4nc32)c1OC(F)F. The van der Waals surface area contributed by atoms with Gasteiger partial charge in [-0.25, -0.2) is 9.97 Å². The number of anilines is 2. The summed E-state index contributed by atoms with van der Waals surface area (Å²) in [6, 6.07) is 12.1. The van der Waals surface area contributed by atoms with Crippen LogP contribution in [-0.2, 0) is 4.79 Å². The van der Waals surface area contributed by atoms with Gasteiger partial charge in [0.15, 0.2) is 23.1 Å². The molecule has 1 amide bonds. The van der Waals surface area contributed by atoms with Gasteiger partial charge in [-0.05, 0) is 24.3 Å². The van der Waals surface area contributed by atoms with Crippen LogP contribution in [0, 0.1) is 0 Å². The van der Waals surface area contributed by atoms with E-state index in [1.165, 1.54) is 30.2 Å². The van der Waals surface area contributed by atoms with E-state index in [1.807, 2.05) is 36.2 Å². The Bertz CT molecular complexity index is 1150. The van der Waals surface area contributed by atoms with Crippen molar-refractivity contribution < 1.29 is 23.0 Å². The number of rotatable bonds is 5. The van der Waals surface area contributed by atoms with Crippen LogP contribution in [-0.4, -0.2) is 49.7 Å². The summed E-state index contributed by atoms with van der Waals surface area (Å²) >= 11 is 0. The number of hydrogen-bond donors (Lipinski definition) is 0. The lowest BCUT2D eigenvalue weighted by Gasteiger charge is -2.33. The highest BCUT2D eigenvalue weighted by Crippen LogP contribution is 2.34. The molecule has 160 valence electrons. The molecule has 2 heterocycles. The molecule has 0 bridgehead atoms. The first-order chi connectivity index (χ1) is 15.0. The monoisotopic (exact) mass is 426 g/mol. The van der Waals surface area contributed by atoms with E-state index in [0.29, 0.717) is 35.8 Å². The average molecular weight is 426 g/mol. The maximum absolute atomic E-state index is 13.0. The zero-order valence-electron chi connectivity index (χ0n) is 17.0. The standard InChI is InChI=1S/C22H20F2N4O3/c1-27-12-13-28(21-20(27)25-15-7-3-4-8-16(15)26-21)18(29)11-10-14-6-5-9-17(30-2)19(14)31-22(23)24/h3-11,22H,12-13H2,1-2H3. The number of halogens is 2. The van der Waals surface area contributed by atoms with E-state index in [1.54, 1.807) is 12.1 Å². The largest absolute Gasteiger partial charge is 0.493 e. The van der Waals surface area contributed by atoms with Crippen molar-refractivity contribution in [2.45, 2.75) is 6.61 Å². The Labute approximate surface area is 177 Å². The van der Waals surface area contributed by atoms with Crippen LogP contribution in [0.15, 0.2) is 48.5 Å². The number of fused-ring (bicyclic) bond motifs is 2. The van der Waals surface area contributed by atoms with Gasteiger partial charge in [-0.3, -0.25) is 9.69 Å².